The van der Waals surface area contributed by atoms with Crippen molar-refractivity contribution in [1.29, 1.82) is 0 Å². The lowest BCUT2D eigenvalue weighted by molar-refractivity contribution is -0.115. The van der Waals surface area contributed by atoms with E-state index in [1.165, 1.54) is 16.4 Å². The number of nitrogens with two attached hydrogens (primary N) is 1. The Morgan fingerprint density at radius 2 is 1.62 bits per heavy atom. The van der Waals surface area contributed by atoms with E-state index in [1.807, 2.05) is 85.8 Å². The number of carbonyl (C=O) groups is 1. The van der Waals surface area contributed by atoms with Gasteiger partial charge in [0.25, 0.3) is 0 Å². The maximum Gasteiger partial charge on any atom is 0.237 e. The van der Waals surface area contributed by atoms with Crippen LogP contribution in [0, 0.1) is 0 Å². The van der Waals surface area contributed by atoms with E-state index >= 15 is 0 Å². The van der Waals surface area contributed by atoms with Crippen LogP contribution in [0.2, 0.25) is 0 Å². The second kappa shape index (κ2) is 9.57. The highest BCUT2D eigenvalue weighted by atomic mass is 32.2. The minimum atomic E-state index is -0.448. The normalized spacial score (nSPS) is 11.7. The van der Waals surface area contributed by atoms with Gasteiger partial charge in [-0.25, -0.2) is 4.68 Å². The summed E-state index contributed by atoms with van der Waals surface area (Å²) in [6.07, 6.45) is 0. The number of para-hydroxylation sites is 2. The van der Waals surface area contributed by atoms with Crippen molar-refractivity contribution >= 4 is 23.4 Å². The molecule has 4 rings (SSSR count). The second-order valence-electron chi connectivity index (χ2n) is 7.04. The summed E-state index contributed by atoms with van der Waals surface area (Å²) in [5, 5.41) is 11.4. The Bertz CT molecular complexity index is 1230. The first kappa shape index (κ1) is 21.5. The number of hydrogen-bond donors (Lipinski definition) is 2. The van der Waals surface area contributed by atoms with Gasteiger partial charge in [0.15, 0.2) is 5.82 Å². The highest BCUT2D eigenvalue weighted by molar-refractivity contribution is 8.00. The van der Waals surface area contributed by atoms with Gasteiger partial charge in [0.2, 0.25) is 11.1 Å². The number of benzene rings is 3. The van der Waals surface area contributed by atoms with E-state index in [4.69, 9.17) is 10.6 Å². The van der Waals surface area contributed by atoms with Crippen molar-refractivity contribution in [3.05, 3.63) is 78.9 Å². The van der Waals surface area contributed by atoms with Crippen LogP contribution in [-0.4, -0.2) is 33.1 Å². The van der Waals surface area contributed by atoms with Crippen molar-refractivity contribution in [2.24, 2.45) is 0 Å². The molecule has 1 heterocycles. The van der Waals surface area contributed by atoms with Gasteiger partial charge in [-0.2, -0.15) is 0 Å². The Kier molecular flexibility index (Phi) is 6.42. The molecule has 0 saturated carbocycles. The zero-order valence-electron chi connectivity index (χ0n) is 17.7. The predicted octanol–water partition coefficient (Wildman–Crippen LogP) is 4.45. The Hall–Kier alpha value is -3.78. The summed E-state index contributed by atoms with van der Waals surface area (Å²) in [6.45, 7) is 1.81. The number of amides is 1. The largest absolute Gasteiger partial charge is 0.496 e. The van der Waals surface area contributed by atoms with E-state index in [9.17, 15) is 4.79 Å². The van der Waals surface area contributed by atoms with Gasteiger partial charge in [-0.05, 0) is 30.7 Å². The number of hydrogen-bond acceptors (Lipinski definition) is 6. The van der Waals surface area contributed by atoms with Gasteiger partial charge in [0.1, 0.15) is 5.75 Å². The quantitative estimate of drug-likeness (QED) is 0.322. The van der Waals surface area contributed by atoms with Crippen LogP contribution < -0.4 is 15.9 Å². The van der Waals surface area contributed by atoms with Gasteiger partial charge in [-0.15, -0.1) is 10.2 Å². The van der Waals surface area contributed by atoms with Crippen LogP contribution >= 0.6 is 11.8 Å². The maximum atomic E-state index is 12.9. The topological polar surface area (TPSA) is 95.1 Å². The number of methoxy groups -OCH3 is 1. The van der Waals surface area contributed by atoms with Gasteiger partial charge in [-0.1, -0.05) is 72.4 Å². The molecule has 4 aromatic rings. The predicted molar refractivity (Wildman–Crippen MR) is 128 cm³/mol. The first-order valence-corrected chi connectivity index (χ1v) is 10.9. The summed E-state index contributed by atoms with van der Waals surface area (Å²) in [7, 11) is 1.59. The number of aromatic nitrogens is 3. The lowest BCUT2D eigenvalue weighted by Gasteiger charge is -2.15. The highest BCUT2D eigenvalue weighted by Crippen LogP contribution is 2.32. The number of rotatable bonds is 7. The molecule has 1 amide bonds. The van der Waals surface area contributed by atoms with Crippen molar-refractivity contribution in [2.75, 3.05) is 18.3 Å². The summed E-state index contributed by atoms with van der Waals surface area (Å²) in [4.78, 5) is 12.9. The smallest absolute Gasteiger partial charge is 0.237 e. The zero-order chi connectivity index (χ0) is 22.5. The van der Waals surface area contributed by atoms with E-state index in [-0.39, 0.29) is 5.91 Å². The number of carbonyl (C=O) groups excluding carboxylic acids is 1. The van der Waals surface area contributed by atoms with E-state index in [0.717, 1.165) is 22.4 Å². The van der Waals surface area contributed by atoms with Gasteiger partial charge >= 0.3 is 0 Å². The van der Waals surface area contributed by atoms with Crippen LogP contribution in [0.15, 0.2) is 84.0 Å². The molecule has 0 saturated heterocycles. The molecular weight excluding hydrogens is 422 g/mol. The fraction of sp³-hybridized carbons (Fsp3) is 0.125. The molecule has 0 spiro atoms. The lowest BCUT2D eigenvalue weighted by Crippen LogP contribution is -2.24. The number of ether oxygens (including phenoxy) is 1. The number of anilines is 1. The van der Waals surface area contributed by atoms with Crippen molar-refractivity contribution in [1.82, 2.24) is 14.9 Å². The molecule has 1 atom stereocenters. The Morgan fingerprint density at radius 1 is 0.969 bits per heavy atom. The summed E-state index contributed by atoms with van der Waals surface area (Å²) in [5.74, 6) is 7.20. The third-order valence-electron chi connectivity index (χ3n) is 4.93. The molecule has 162 valence electrons. The molecule has 3 aromatic carbocycles. The number of nitrogen functional groups attached to an aromatic ring is 1. The van der Waals surface area contributed by atoms with Gasteiger partial charge in [0.05, 0.1) is 17.9 Å². The van der Waals surface area contributed by atoms with Crippen molar-refractivity contribution < 1.29 is 9.53 Å². The molecule has 0 aliphatic carbocycles. The second-order valence-corrected chi connectivity index (χ2v) is 8.35. The monoisotopic (exact) mass is 445 g/mol. The van der Waals surface area contributed by atoms with Gasteiger partial charge in [0, 0.05) is 11.3 Å². The molecule has 0 aliphatic heterocycles. The SMILES string of the molecule is COc1ccccc1-c1nnc(SC(C)C(=O)Nc2ccccc2-c2ccccc2)n1N. The lowest BCUT2D eigenvalue weighted by atomic mass is 10.0. The van der Waals surface area contributed by atoms with Crippen LogP contribution in [0.25, 0.3) is 22.5 Å². The molecule has 0 fully saturated rings. The maximum absolute atomic E-state index is 12.9. The van der Waals surface area contributed by atoms with Crippen molar-refractivity contribution in [3.63, 3.8) is 0 Å². The summed E-state index contributed by atoms with van der Waals surface area (Å²) in [6, 6.07) is 25.1. The average Bonchev–Trinajstić information content (AvgIpc) is 3.19. The first-order chi connectivity index (χ1) is 15.6. The Balaban J connectivity index is 1.51. The molecule has 1 aromatic heterocycles. The molecule has 32 heavy (non-hydrogen) atoms. The van der Waals surface area contributed by atoms with Gasteiger partial charge < -0.3 is 15.9 Å². The molecule has 0 aliphatic rings. The minimum absolute atomic E-state index is 0.153. The molecule has 0 bridgehead atoms. The molecule has 7 nitrogen and oxygen atoms in total. The fourth-order valence-corrected chi connectivity index (χ4v) is 4.05. The number of nitrogens with zero attached hydrogens (tertiary/aromatic N) is 3. The van der Waals surface area contributed by atoms with E-state index < -0.39 is 5.25 Å². The number of nitrogens with one attached hydrogen (secondary N) is 1. The third kappa shape index (κ3) is 4.45. The summed E-state index contributed by atoms with van der Waals surface area (Å²) < 4.78 is 6.77. The Labute approximate surface area is 190 Å². The van der Waals surface area contributed by atoms with E-state index in [2.05, 4.69) is 15.5 Å². The first-order valence-electron chi connectivity index (χ1n) is 10.0. The van der Waals surface area contributed by atoms with Crippen LogP contribution in [0.5, 0.6) is 5.75 Å². The van der Waals surface area contributed by atoms with Crippen molar-refractivity contribution in [3.8, 4) is 28.3 Å². The van der Waals surface area contributed by atoms with Gasteiger partial charge in [-0.3, -0.25) is 4.79 Å². The summed E-state index contributed by atoms with van der Waals surface area (Å²) in [5.41, 5.74) is 3.47. The van der Waals surface area contributed by atoms with Crippen LogP contribution in [-0.2, 0) is 4.79 Å². The Morgan fingerprint density at radius 3 is 2.38 bits per heavy atom. The zero-order valence-corrected chi connectivity index (χ0v) is 18.5. The van der Waals surface area contributed by atoms with Crippen LogP contribution in [0.1, 0.15) is 6.92 Å². The standard InChI is InChI=1S/C24H23N5O2S/c1-16(23(30)26-20-14-8-6-12-18(20)17-10-4-3-5-11-17)32-24-28-27-22(29(24)25)19-13-7-9-15-21(19)31-2/h3-16H,25H2,1-2H3,(H,26,30). The molecule has 3 N–H and O–H groups in total. The van der Waals surface area contributed by atoms with Crippen molar-refractivity contribution in [2.45, 2.75) is 17.3 Å². The van der Waals surface area contributed by atoms with Crippen LogP contribution in [0.4, 0.5) is 5.69 Å². The van der Waals surface area contributed by atoms with E-state index in [0.29, 0.717) is 16.7 Å². The third-order valence-corrected chi connectivity index (χ3v) is 5.99. The minimum Gasteiger partial charge on any atom is -0.496 e. The average molecular weight is 446 g/mol. The number of thioether (sulfide) groups is 1. The van der Waals surface area contributed by atoms with E-state index in [1.54, 1.807) is 7.11 Å². The highest BCUT2D eigenvalue weighted by Gasteiger charge is 2.22. The van der Waals surface area contributed by atoms with Crippen LogP contribution in [0.3, 0.4) is 0 Å². The summed E-state index contributed by atoms with van der Waals surface area (Å²) >= 11 is 1.24. The molecule has 0 radical (unpaired) electrons. The molecule has 1 unspecified atom stereocenters. The molecular formula is C24H23N5O2S. The molecule has 8 heteroatoms. The fourth-order valence-electron chi connectivity index (χ4n) is 3.28.